The number of aliphatic hydroxyl groups excluding tert-OH is 1. The smallest absolute Gasteiger partial charge is 0.196 e. The van der Waals surface area contributed by atoms with Gasteiger partial charge < -0.3 is 19.4 Å². The molecule has 2 aliphatic heterocycles. The lowest BCUT2D eigenvalue weighted by Crippen LogP contribution is -2.55. The van der Waals surface area contributed by atoms with Crippen molar-refractivity contribution in [2.24, 2.45) is 5.92 Å². The van der Waals surface area contributed by atoms with Crippen LogP contribution in [0.4, 0.5) is 0 Å². The Labute approximate surface area is 130 Å². The van der Waals surface area contributed by atoms with E-state index in [1.807, 2.05) is 0 Å². The van der Waals surface area contributed by atoms with E-state index in [2.05, 4.69) is 5.32 Å². The van der Waals surface area contributed by atoms with Gasteiger partial charge in [0.2, 0.25) is 0 Å². The molecule has 4 rings (SSSR count). The van der Waals surface area contributed by atoms with E-state index in [9.17, 15) is 19.8 Å². The standard InChI is InChI=1S/C16H15NO6/c1-6-4-7(18)11-9(22-6)5-10-12(14(11)19)15(20)13-8(23-10)2-3-17-16(13)21/h4-5,8,13,16-17,19,21H,2-3H2,1H3. The predicted octanol–water partition coefficient (Wildman–Crippen LogP) is 0.679. The van der Waals surface area contributed by atoms with Crippen molar-refractivity contribution in [3.8, 4) is 11.5 Å². The minimum atomic E-state index is -1.04. The van der Waals surface area contributed by atoms with Gasteiger partial charge in [-0.25, -0.2) is 0 Å². The molecule has 7 heteroatoms. The lowest BCUT2D eigenvalue weighted by molar-refractivity contribution is -0.0194. The Morgan fingerprint density at radius 2 is 2.09 bits per heavy atom. The molecule has 1 fully saturated rings. The summed E-state index contributed by atoms with van der Waals surface area (Å²) < 4.78 is 11.3. The van der Waals surface area contributed by atoms with Crippen molar-refractivity contribution >= 4 is 16.8 Å². The van der Waals surface area contributed by atoms with Crippen molar-refractivity contribution in [2.75, 3.05) is 6.54 Å². The number of carbonyl (C=O) groups excluding carboxylic acids is 1. The summed E-state index contributed by atoms with van der Waals surface area (Å²) in [7, 11) is 0. The molecule has 3 unspecified atom stereocenters. The highest BCUT2D eigenvalue weighted by atomic mass is 16.5. The maximum absolute atomic E-state index is 12.7. The lowest BCUT2D eigenvalue weighted by Gasteiger charge is -2.39. The number of Topliss-reactive ketones (excluding diaryl/α,β-unsaturated/α-hetero) is 1. The Hall–Kier alpha value is -2.38. The van der Waals surface area contributed by atoms with Gasteiger partial charge in [-0.05, 0) is 13.3 Å². The molecule has 3 heterocycles. The van der Waals surface area contributed by atoms with Crippen molar-refractivity contribution in [2.45, 2.75) is 25.7 Å². The third-order valence-corrected chi connectivity index (χ3v) is 4.43. The number of hydrogen-bond donors (Lipinski definition) is 3. The van der Waals surface area contributed by atoms with Gasteiger partial charge in [0.05, 0.1) is 5.92 Å². The molecule has 0 bridgehead atoms. The highest BCUT2D eigenvalue weighted by molar-refractivity contribution is 6.08. The topological polar surface area (TPSA) is 109 Å². The van der Waals surface area contributed by atoms with Crippen molar-refractivity contribution < 1.29 is 24.2 Å². The molecule has 0 spiro atoms. The molecule has 0 amide bonds. The summed E-state index contributed by atoms with van der Waals surface area (Å²) in [6.07, 6.45) is -0.956. The van der Waals surface area contributed by atoms with Crippen LogP contribution in [0.3, 0.4) is 0 Å². The second-order valence-electron chi connectivity index (χ2n) is 5.93. The molecule has 7 nitrogen and oxygen atoms in total. The minimum absolute atomic E-state index is 0.0528. The van der Waals surface area contributed by atoms with E-state index >= 15 is 0 Å². The molecule has 2 aliphatic rings. The molecule has 0 aliphatic carbocycles. The van der Waals surface area contributed by atoms with Crippen LogP contribution in [-0.2, 0) is 0 Å². The van der Waals surface area contributed by atoms with Crippen LogP contribution in [0.2, 0.25) is 0 Å². The van der Waals surface area contributed by atoms with E-state index in [4.69, 9.17) is 9.15 Å². The minimum Gasteiger partial charge on any atom is -0.506 e. The molecule has 1 aromatic carbocycles. The molecule has 0 radical (unpaired) electrons. The summed E-state index contributed by atoms with van der Waals surface area (Å²) in [5, 5.41) is 23.2. The molecular weight excluding hydrogens is 302 g/mol. The summed E-state index contributed by atoms with van der Waals surface area (Å²) in [4.78, 5) is 24.9. The fraction of sp³-hybridized carbons (Fsp3) is 0.375. The van der Waals surface area contributed by atoms with Crippen LogP contribution < -0.4 is 15.5 Å². The zero-order valence-corrected chi connectivity index (χ0v) is 12.3. The third-order valence-electron chi connectivity index (χ3n) is 4.43. The normalized spacial score (nSPS) is 26.5. The maximum Gasteiger partial charge on any atom is 0.196 e. The van der Waals surface area contributed by atoms with Crippen LogP contribution in [0.15, 0.2) is 21.3 Å². The fourth-order valence-corrected chi connectivity index (χ4v) is 3.39. The molecule has 120 valence electrons. The largest absolute Gasteiger partial charge is 0.506 e. The quantitative estimate of drug-likeness (QED) is 0.655. The predicted molar refractivity (Wildman–Crippen MR) is 79.7 cm³/mol. The zero-order valence-electron chi connectivity index (χ0n) is 12.3. The van der Waals surface area contributed by atoms with Crippen molar-refractivity contribution in [1.29, 1.82) is 0 Å². The Morgan fingerprint density at radius 3 is 2.87 bits per heavy atom. The summed E-state index contributed by atoms with van der Waals surface area (Å²) in [6.45, 7) is 2.15. The number of phenolic OH excluding ortho intramolecular Hbond substituents is 1. The van der Waals surface area contributed by atoms with E-state index in [1.54, 1.807) is 6.92 Å². The number of hydrogen-bond acceptors (Lipinski definition) is 7. The van der Waals surface area contributed by atoms with Gasteiger partial charge in [0, 0.05) is 18.7 Å². The van der Waals surface area contributed by atoms with E-state index in [0.717, 1.165) is 0 Å². The number of phenols is 1. The van der Waals surface area contributed by atoms with E-state index in [-0.39, 0.29) is 22.3 Å². The number of aryl methyl sites for hydroxylation is 1. The zero-order chi connectivity index (χ0) is 16.3. The number of ether oxygens (including phenoxy) is 1. The fourth-order valence-electron chi connectivity index (χ4n) is 3.39. The molecule has 0 saturated carbocycles. The summed E-state index contributed by atoms with van der Waals surface area (Å²) in [5.41, 5.74) is -0.328. The first kappa shape index (κ1) is 14.2. The van der Waals surface area contributed by atoms with Crippen molar-refractivity contribution in [3.05, 3.63) is 33.7 Å². The number of fused-ring (bicyclic) bond motifs is 3. The van der Waals surface area contributed by atoms with Gasteiger partial charge in [0.1, 0.15) is 46.1 Å². The van der Waals surface area contributed by atoms with Gasteiger partial charge in [0.15, 0.2) is 11.2 Å². The van der Waals surface area contributed by atoms with E-state index in [1.165, 1.54) is 12.1 Å². The molecule has 1 saturated heterocycles. The number of piperidine rings is 1. The third kappa shape index (κ3) is 1.97. The van der Waals surface area contributed by atoms with Gasteiger partial charge in [0.25, 0.3) is 0 Å². The molecule has 3 N–H and O–H groups in total. The number of benzene rings is 1. The molecular formula is C16H15NO6. The number of ketones is 1. The molecule has 1 aromatic heterocycles. The van der Waals surface area contributed by atoms with Gasteiger partial charge in [-0.15, -0.1) is 0 Å². The van der Waals surface area contributed by atoms with Gasteiger partial charge in [-0.2, -0.15) is 0 Å². The first-order valence-electron chi connectivity index (χ1n) is 7.40. The highest BCUT2D eigenvalue weighted by Crippen LogP contribution is 2.42. The monoisotopic (exact) mass is 317 g/mol. The SMILES string of the molecule is Cc1cc(=O)c2c(O)c3c(cc2o1)OC1CCNC(O)C1C3=O. The average molecular weight is 317 g/mol. The number of aliphatic hydroxyl groups is 1. The number of carbonyl (C=O) groups is 1. The molecule has 23 heavy (non-hydrogen) atoms. The Bertz CT molecular complexity index is 886. The Kier molecular flexibility index (Phi) is 2.97. The number of aromatic hydroxyl groups is 1. The average Bonchev–Trinajstić information content (AvgIpc) is 2.45. The van der Waals surface area contributed by atoms with E-state index < -0.39 is 35.2 Å². The van der Waals surface area contributed by atoms with Crippen LogP contribution in [0.1, 0.15) is 22.5 Å². The van der Waals surface area contributed by atoms with Crippen LogP contribution in [-0.4, -0.2) is 34.9 Å². The first-order chi connectivity index (χ1) is 11.0. The van der Waals surface area contributed by atoms with Gasteiger partial charge in [-0.1, -0.05) is 0 Å². The second-order valence-corrected chi connectivity index (χ2v) is 5.93. The summed E-state index contributed by atoms with van der Waals surface area (Å²) >= 11 is 0. The molecule has 3 atom stereocenters. The van der Waals surface area contributed by atoms with Crippen LogP contribution in [0, 0.1) is 12.8 Å². The number of rotatable bonds is 0. The highest BCUT2D eigenvalue weighted by Gasteiger charge is 2.45. The number of nitrogens with one attached hydrogen (secondary N) is 1. The lowest BCUT2D eigenvalue weighted by atomic mass is 9.83. The van der Waals surface area contributed by atoms with Crippen molar-refractivity contribution in [3.63, 3.8) is 0 Å². The van der Waals surface area contributed by atoms with Crippen molar-refractivity contribution in [1.82, 2.24) is 5.32 Å². The summed E-state index contributed by atoms with van der Waals surface area (Å²) in [6, 6.07) is 2.71. The van der Waals surface area contributed by atoms with Gasteiger partial charge in [-0.3, -0.25) is 14.9 Å². The van der Waals surface area contributed by atoms with Crippen LogP contribution >= 0.6 is 0 Å². The van der Waals surface area contributed by atoms with E-state index in [0.29, 0.717) is 18.7 Å². The first-order valence-corrected chi connectivity index (χ1v) is 7.40. The van der Waals surface area contributed by atoms with Gasteiger partial charge >= 0.3 is 0 Å². The maximum atomic E-state index is 12.7. The van der Waals surface area contributed by atoms with Crippen LogP contribution in [0.25, 0.3) is 11.0 Å². The van der Waals surface area contributed by atoms with Crippen LogP contribution in [0.5, 0.6) is 11.5 Å². The Balaban J connectivity index is 1.99. The second kappa shape index (κ2) is 4.81. The molecule has 2 aromatic rings. The Morgan fingerprint density at radius 1 is 1.30 bits per heavy atom. The summed E-state index contributed by atoms with van der Waals surface area (Å²) in [5.74, 6) is -1.11.